The first-order chi connectivity index (χ1) is 9.56. The number of unbranched alkanes of at least 4 members (excludes halogenated alkanes) is 1. The van der Waals surface area contributed by atoms with Crippen LogP contribution in [-0.4, -0.2) is 41.2 Å². The van der Waals surface area contributed by atoms with Crippen LogP contribution < -0.4 is 15.0 Å². The van der Waals surface area contributed by atoms with E-state index in [9.17, 15) is 0 Å². The van der Waals surface area contributed by atoms with Gasteiger partial charge in [-0.15, -0.1) is 0 Å². The topological polar surface area (TPSA) is 63.2 Å². The number of hydrogen-bond donors (Lipinski definition) is 1. The summed E-state index contributed by atoms with van der Waals surface area (Å²) >= 11 is 0. The first-order valence-corrected chi connectivity index (χ1v) is 7.44. The third-order valence-electron chi connectivity index (χ3n) is 2.67. The molecule has 1 aromatic rings. The second-order valence-electron chi connectivity index (χ2n) is 5.11. The highest BCUT2D eigenvalue weighted by Crippen LogP contribution is 2.15. The highest BCUT2D eigenvalue weighted by molar-refractivity contribution is 5.37. The molecule has 0 bridgehead atoms. The van der Waals surface area contributed by atoms with Gasteiger partial charge in [-0.25, -0.2) is 0 Å². The second-order valence-corrected chi connectivity index (χ2v) is 5.11. The number of aromatic nitrogens is 3. The maximum atomic E-state index is 5.60. The van der Waals surface area contributed by atoms with Crippen LogP contribution in [0.25, 0.3) is 0 Å². The van der Waals surface area contributed by atoms with Crippen LogP contribution >= 0.6 is 0 Å². The molecule has 0 fully saturated rings. The van der Waals surface area contributed by atoms with E-state index >= 15 is 0 Å². The molecule has 6 nitrogen and oxygen atoms in total. The molecule has 6 heteroatoms. The first kappa shape index (κ1) is 16.5. The lowest BCUT2D eigenvalue weighted by Crippen LogP contribution is -2.23. The summed E-state index contributed by atoms with van der Waals surface area (Å²) in [4.78, 5) is 15.1. The summed E-state index contributed by atoms with van der Waals surface area (Å²) in [5.41, 5.74) is 0. The maximum absolute atomic E-state index is 5.60. The lowest BCUT2D eigenvalue weighted by Gasteiger charge is -2.18. The molecule has 0 saturated carbocycles. The van der Waals surface area contributed by atoms with E-state index in [0.717, 1.165) is 32.4 Å². The van der Waals surface area contributed by atoms with Crippen molar-refractivity contribution in [2.24, 2.45) is 0 Å². The van der Waals surface area contributed by atoms with Crippen LogP contribution in [0.3, 0.4) is 0 Å². The highest BCUT2D eigenvalue weighted by atomic mass is 16.5. The smallest absolute Gasteiger partial charge is 0.323 e. The van der Waals surface area contributed by atoms with E-state index in [1.165, 1.54) is 0 Å². The molecule has 0 aliphatic carbocycles. The largest absolute Gasteiger partial charge is 0.461 e. The minimum Gasteiger partial charge on any atom is -0.461 e. The summed E-state index contributed by atoms with van der Waals surface area (Å²) in [6, 6.07) is 0.381. The van der Waals surface area contributed by atoms with E-state index < -0.39 is 0 Å². The maximum Gasteiger partial charge on any atom is 0.323 e. The molecule has 1 aromatic heterocycles. The minimum absolute atomic E-state index is 0.0465. The molecule has 0 aromatic carbocycles. The summed E-state index contributed by atoms with van der Waals surface area (Å²) in [7, 11) is 1.99. The van der Waals surface area contributed by atoms with Gasteiger partial charge in [0.25, 0.3) is 0 Å². The van der Waals surface area contributed by atoms with Crippen molar-refractivity contribution in [3.05, 3.63) is 0 Å². The molecule has 20 heavy (non-hydrogen) atoms. The Bertz CT molecular complexity index is 397. The van der Waals surface area contributed by atoms with Crippen LogP contribution in [0.2, 0.25) is 0 Å². The second kappa shape index (κ2) is 8.55. The van der Waals surface area contributed by atoms with Crippen molar-refractivity contribution in [3.8, 4) is 6.01 Å². The molecule has 0 aliphatic rings. The molecular formula is C14H27N5O. The Morgan fingerprint density at radius 1 is 1.15 bits per heavy atom. The molecule has 114 valence electrons. The van der Waals surface area contributed by atoms with Crippen molar-refractivity contribution >= 4 is 11.9 Å². The predicted molar refractivity (Wildman–Crippen MR) is 82.5 cm³/mol. The van der Waals surface area contributed by atoms with Crippen LogP contribution in [0.5, 0.6) is 6.01 Å². The van der Waals surface area contributed by atoms with Gasteiger partial charge in [0.2, 0.25) is 11.9 Å². The van der Waals surface area contributed by atoms with Crippen molar-refractivity contribution < 1.29 is 4.74 Å². The summed E-state index contributed by atoms with van der Waals surface area (Å²) in [6.45, 7) is 9.96. The summed E-state index contributed by atoms with van der Waals surface area (Å²) in [6.07, 6.45) is 3.32. The Balaban J connectivity index is 2.89. The van der Waals surface area contributed by atoms with Gasteiger partial charge in [0.1, 0.15) is 0 Å². The molecule has 0 saturated heterocycles. The lowest BCUT2D eigenvalue weighted by atomic mass is 10.3. The Hall–Kier alpha value is -1.59. The monoisotopic (exact) mass is 281 g/mol. The Morgan fingerprint density at radius 2 is 1.90 bits per heavy atom. The van der Waals surface area contributed by atoms with Gasteiger partial charge in [-0.2, -0.15) is 15.0 Å². The third kappa shape index (κ3) is 5.59. The lowest BCUT2D eigenvalue weighted by molar-refractivity contribution is 0.222. The van der Waals surface area contributed by atoms with Gasteiger partial charge in [-0.05, 0) is 26.7 Å². The van der Waals surface area contributed by atoms with Crippen molar-refractivity contribution in [1.29, 1.82) is 0 Å². The zero-order chi connectivity index (χ0) is 15.0. The third-order valence-corrected chi connectivity index (χ3v) is 2.67. The molecular weight excluding hydrogens is 254 g/mol. The van der Waals surface area contributed by atoms with E-state index in [0.29, 0.717) is 17.9 Å². The Morgan fingerprint density at radius 3 is 2.50 bits per heavy atom. The first-order valence-electron chi connectivity index (χ1n) is 7.44. The number of anilines is 2. The van der Waals surface area contributed by atoms with Gasteiger partial charge in [0, 0.05) is 20.1 Å². The van der Waals surface area contributed by atoms with Crippen LogP contribution in [0, 0.1) is 0 Å². The van der Waals surface area contributed by atoms with Gasteiger partial charge < -0.3 is 15.0 Å². The molecule has 1 rings (SSSR count). The quantitative estimate of drug-likeness (QED) is 0.751. The molecule has 1 N–H and O–H groups in total. The summed E-state index contributed by atoms with van der Waals surface area (Å²) < 4.78 is 5.60. The van der Waals surface area contributed by atoms with Crippen molar-refractivity contribution in [2.75, 3.05) is 30.4 Å². The molecule has 0 spiro atoms. The Kier molecular flexibility index (Phi) is 7.04. The fourth-order valence-electron chi connectivity index (χ4n) is 1.59. The number of rotatable bonds is 9. The normalized spacial score (nSPS) is 10.7. The van der Waals surface area contributed by atoms with Gasteiger partial charge >= 0.3 is 6.01 Å². The average Bonchev–Trinajstić information content (AvgIpc) is 2.41. The number of nitrogens with one attached hydrogen (secondary N) is 1. The van der Waals surface area contributed by atoms with Crippen molar-refractivity contribution in [1.82, 2.24) is 15.0 Å². The SMILES string of the molecule is CCCCN(C)c1nc(NCCC)nc(OC(C)C)n1. The van der Waals surface area contributed by atoms with E-state index in [1.54, 1.807) is 0 Å². The molecule has 0 atom stereocenters. The van der Waals surface area contributed by atoms with Crippen molar-refractivity contribution in [2.45, 2.75) is 53.1 Å². The minimum atomic E-state index is 0.0465. The van der Waals surface area contributed by atoms with Gasteiger partial charge in [0.05, 0.1) is 6.10 Å². The fraction of sp³-hybridized carbons (Fsp3) is 0.786. The number of nitrogens with zero attached hydrogens (tertiary/aromatic N) is 4. The Labute approximate surface area is 122 Å². The molecule has 1 heterocycles. The van der Waals surface area contributed by atoms with Crippen LogP contribution in [0.4, 0.5) is 11.9 Å². The highest BCUT2D eigenvalue weighted by Gasteiger charge is 2.11. The van der Waals surface area contributed by atoms with Gasteiger partial charge in [-0.3, -0.25) is 0 Å². The molecule has 0 unspecified atom stereocenters. The molecule has 0 radical (unpaired) electrons. The van der Waals surface area contributed by atoms with Crippen molar-refractivity contribution in [3.63, 3.8) is 0 Å². The van der Waals surface area contributed by atoms with Crippen LogP contribution in [0.15, 0.2) is 0 Å². The zero-order valence-electron chi connectivity index (χ0n) is 13.3. The average molecular weight is 281 g/mol. The van der Waals surface area contributed by atoms with E-state index in [-0.39, 0.29) is 6.10 Å². The van der Waals surface area contributed by atoms with Gasteiger partial charge in [0.15, 0.2) is 0 Å². The van der Waals surface area contributed by atoms with E-state index in [1.807, 2.05) is 25.8 Å². The summed E-state index contributed by atoms with van der Waals surface area (Å²) in [5.74, 6) is 1.23. The predicted octanol–water partition coefficient (Wildman–Crippen LogP) is 2.72. The standard InChI is InChI=1S/C14H27N5O/c1-6-8-10-19(5)13-16-12(15-9-7-2)17-14(18-13)20-11(3)4/h11H,6-10H2,1-5H3,(H,15,16,17,18). The zero-order valence-corrected chi connectivity index (χ0v) is 13.3. The van der Waals surface area contributed by atoms with Gasteiger partial charge in [-0.1, -0.05) is 20.3 Å². The fourth-order valence-corrected chi connectivity index (χ4v) is 1.59. The van der Waals surface area contributed by atoms with E-state index in [2.05, 4.69) is 34.1 Å². The van der Waals surface area contributed by atoms with Crippen LogP contribution in [-0.2, 0) is 0 Å². The number of hydrogen-bond acceptors (Lipinski definition) is 6. The van der Waals surface area contributed by atoms with E-state index in [4.69, 9.17) is 4.74 Å². The molecule has 0 amide bonds. The molecule has 0 aliphatic heterocycles. The summed E-state index contributed by atoms with van der Waals surface area (Å²) in [5, 5.41) is 3.19. The number of ether oxygens (including phenoxy) is 1. The van der Waals surface area contributed by atoms with Crippen LogP contribution in [0.1, 0.15) is 47.0 Å².